The average Bonchev–Trinajstić information content (AvgIpc) is 3.42. The molecule has 0 radical (unpaired) electrons. The van der Waals surface area contributed by atoms with Crippen molar-refractivity contribution in [3.05, 3.63) is 88.0 Å². The largest absolute Gasteiger partial charge is 0.497 e. The van der Waals surface area contributed by atoms with Gasteiger partial charge in [0, 0.05) is 49.5 Å². The summed E-state index contributed by atoms with van der Waals surface area (Å²) in [5.74, 6) is 0.859. The van der Waals surface area contributed by atoms with Crippen molar-refractivity contribution in [3.8, 4) is 5.75 Å². The van der Waals surface area contributed by atoms with Crippen LogP contribution in [0.15, 0.2) is 60.9 Å². The number of methoxy groups -OCH3 is 1. The molecule has 1 amide bonds. The number of nitrogens with zero attached hydrogens (tertiary/aromatic N) is 3. The summed E-state index contributed by atoms with van der Waals surface area (Å²) in [6.07, 6.45) is 3.53. The Bertz CT molecular complexity index is 1280. The van der Waals surface area contributed by atoms with Crippen molar-refractivity contribution in [2.24, 2.45) is 0 Å². The summed E-state index contributed by atoms with van der Waals surface area (Å²) in [7, 11) is 1.63. The number of imidazole rings is 1. The highest BCUT2D eigenvalue weighted by atomic mass is 16.6. The number of carbonyl (C=O) groups excluding carboxylic acids is 1. The molecule has 2 aromatic heterocycles. The zero-order chi connectivity index (χ0) is 23.4. The number of aromatic amines is 1. The van der Waals surface area contributed by atoms with Crippen molar-refractivity contribution in [1.29, 1.82) is 0 Å². The average molecular weight is 447 g/mol. The minimum absolute atomic E-state index is 0.0629. The monoisotopic (exact) mass is 447 g/mol. The Balaban J connectivity index is 1.49. The number of hydrogen-bond acceptors (Lipinski definition) is 5. The van der Waals surface area contributed by atoms with Crippen molar-refractivity contribution in [2.75, 3.05) is 13.7 Å². The maximum Gasteiger partial charge on any atom is 0.381 e. The van der Waals surface area contributed by atoms with E-state index in [9.17, 15) is 14.9 Å². The SMILES string of the molecule is COc1ccc(C(CNC(=O)CCn2cc([N+](=O)[O-])nc2C)c2c[nH]c3ccccc23)cc1. The van der Waals surface area contributed by atoms with Crippen LogP contribution < -0.4 is 10.1 Å². The molecule has 2 aromatic carbocycles. The Hall–Kier alpha value is -4.14. The minimum Gasteiger partial charge on any atom is -0.497 e. The Morgan fingerprint density at radius 1 is 1.24 bits per heavy atom. The molecule has 9 nitrogen and oxygen atoms in total. The van der Waals surface area contributed by atoms with Gasteiger partial charge in [0.15, 0.2) is 0 Å². The molecule has 0 bridgehead atoms. The number of hydrogen-bond donors (Lipinski definition) is 2. The fraction of sp³-hybridized carbons (Fsp3) is 0.250. The number of rotatable bonds is 9. The molecular weight excluding hydrogens is 422 g/mol. The first-order valence-corrected chi connectivity index (χ1v) is 10.6. The number of amides is 1. The molecule has 1 atom stereocenters. The van der Waals surface area contributed by atoms with Gasteiger partial charge in [-0.25, -0.2) is 0 Å². The molecule has 2 heterocycles. The fourth-order valence-corrected chi connectivity index (χ4v) is 3.96. The Labute approximate surface area is 190 Å². The van der Waals surface area contributed by atoms with Crippen molar-refractivity contribution < 1.29 is 14.5 Å². The molecule has 9 heteroatoms. The highest BCUT2D eigenvalue weighted by molar-refractivity contribution is 5.84. The van der Waals surface area contributed by atoms with E-state index in [4.69, 9.17) is 4.74 Å². The molecule has 1 unspecified atom stereocenters. The van der Waals surface area contributed by atoms with Crippen LogP contribution in [0.1, 0.15) is 29.3 Å². The van der Waals surface area contributed by atoms with Gasteiger partial charge in [0.2, 0.25) is 11.7 Å². The van der Waals surface area contributed by atoms with E-state index in [1.54, 1.807) is 18.6 Å². The number of ether oxygens (including phenoxy) is 1. The second-order valence-corrected chi connectivity index (χ2v) is 7.77. The molecule has 0 saturated heterocycles. The summed E-state index contributed by atoms with van der Waals surface area (Å²) >= 11 is 0. The number of aryl methyl sites for hydroxylation is 2. The van der Waals surface area contributed by atoms with Gasteiger partial charge in [-0.2, -0.15) is 0 Å². The van der Waals surface area contributed by atoms with Crippen molar-refractivity contribution >= 4 is 22.6 Å². The van der Waals surface area contributed by atoms with Crippen molar-refractivity contribution in [1.82, 2.24) is 19.9 Å². The third-order valence-electron chi connectivity index (χ3n) is 5.75. The first-order chi connectivity index (χ1) is 16.0. The topological polar surface area (TPSA) is 115 Å². The summed E-state index contributed by atoms with van der Waals surface area (Å²) < 4.78 is 6.91. The zero-order valence-corrected chi connectivity index (χ0v) is 18.4. The van der Waals surface area contributed by atoms with E-state index in [2.05, 4.69) is 21.4 Å². The fourth-order valence-electron chi connectivity index (χ4n) is 3.96. The van der Waals surface area contributed by atoms with E-state index in [-0.39, 0.29) is 24.1 Å². The smallest absolute Gasteiger partial charge is 0.381 e. The molecular formula is C24H25N5O4. The second-order valence-electron chi connectivity index (χ2n) is 7.77. The van der Waals surface area contributed by atoms with Gasteiger partial charge in [-0.3, -0.25) is 4.79 Å². The summed E-state index contributed by atoms with van der Waals surface area (Å²) in [6, 6.07) is 15.9. The van der Waals surface area contributed by atoms with Gasteiger partial charge in [0.25, 0.3) is 0 Å². The number of nitro groups is 1. The molecule has 0 fully saturated rings. The second kappa shape index (κ2) is 9.56. The van der Waals surface area contributed by atoms with Crippen molar-refractivity contribution in [3.63, 3.8) is 0 Å². The van der Waals surface area contributed by atoms with Crippen LogP contribution in [0.3, 0.4) is 0 Å². The van der Waals surface area contributed by atoms with Crippen LogP contribution in [0.4, 0.5) is 5.82 Å². The summed E-state index contributed by atoms with van der Waals surface area (Å²) in [5, 5.41) is 15.0. The van der Waals surface area contributed by atoms with Crippen LogP contribution in [0.2, 0.25) is 0 Å². The molecule has 4 rings (SSSR count). The van der Waals surface area contributed by atoms with E-state index in [1.807, 2.05) is 48.7 Å². The highest BCUT2D eigenvalue weighted by Gasteiger charge is 2.20. The quantitative estimate of drug-likeness (QED) is 0.298. The maximum atomic E-state index is 12.6. The normalized spacial score (nSPS) is 11.9. The van der Waals surface area contributed by atoms with Crippen LogP contribution in [0.25, 0.3) is 10.9 Å². The van der Waals surface area contributed by atoms with Gasteiger partial charge < -0.3 is 29.7 Å². The zero-order valence-electron chi connectivity index (χ0n) is 18.4. The third kappa shape index (κ3) is 4.87. The van der Waals surface area contributed by atoms with Gasteiger partial charge >= 0.3 is 5.82 Å². The predicted octanol–water partition coefficient (Wildman–Crippen LogP) is 3.93. The molecule has 0 aliphatic carbocycles. The first kappa shape index (κ1) is 22.1. The molecule has 0 spiro atoms. The number of aromatic nitrogens is 3. The number of carbonyl (C=O) groups is 1. The van der Waals surface area contributed by atoms with E-state index in [0.29, 0.717) is 18.9 Å². The molecule has 0 aliphatic rings. The lowest BCUT2D eigenvalue weighted by atomic mass is 9.90. The minimum atomic E-state index is -0.537. The lowest BCUT2D eigenvalue weighted by Crippen LogP contribution is -2.29. The van der Waals surface area contributed by atoms with Gasteiger partial charge in [-0.1, -0.05) is 30.3 Å². The molecule has 0 aliphatic heterocycles. The highest BCUT2D eigenvalue weighted by Crippen LogP contribution is 2.31. The number of benzene rings is 2. The Morgan fingerprint density at radius 2 is 2.00 bits per heavy atom. The molecule has 170 valence electrons. The number of nitrogens with one attached hydrogen (secondary N) is 2. The number of fused-ring (bicyclic) bond motifs is 1. The van der Waals surface area contributed by atoms with Gasteiger partial charge in [-0.15, -0.1) is 0 Å². The van der Waals surface area contributed by atoms with Crippen LogP contribution in [-0.4, -0.2) is 39.0 Å². The first-order valence-electron chi connectivity index (χ1n) is 10.6. The van der Waals surface area contributed by atoms with Crippen LogP contribution in [0, 0.1) is 17.0 Å². The number of H-pyrrole nitrogens is 1. The Kier molecular flexibility index (Phi) is 6.39. The van der Waals surface area contributed by atoms with Crippen molar-refractivity contribution in [2.45, 2.75) is 25.8 Å². The van der Waals surface area contributed by atoms with Gasteiger partial charge in [0.05, 0.1) is 7.11 Å². The van der Waals surface area contributed by atoms with Gasteiger partial charge in [-0.05, 0) is 39.2 Å². The summed E-state index contributed by atoms with van der Waals surface area (Å²) in [6.45, 7) is 2.41. The van der Waals surface area contributed by atoms with Crippen LogP contribution in [0.5, 0.6) is 5.75 Å². The third-order valence-corrected chi connectivity index (χ3v) is 5.75. The molecule has 0 saturated carbocycles. The summed E-state index contributed by atoms with van der Waals surface area (Å²) in [5.41, 5.74) is 3.19. The van der Waals surface area contributed by atoms with E-state index < -0.39 is 4.92 Å². The van der Waals surface area contributed by atoms with Gasteiger partial charge in [0.1, 0.15) is 11.9 Å². The Morgan fingerprint density at radius 3 is 2.70 bits per heavy atom. The summed E-state index contributed by atoms with van der Waals surface area (Å²) in [4.78, 5) is 30.2. The maximum absolute atomic E-state index is 12.6. The lowest BCUT2D eigenvalue weighted by Gasteiger charge is -2.19. The number of para-hydroxylation sites is 1. The lowest BCUT2D eigenvalue weighted by molar-refractivity contribution is -0.389. The molecule has 4 aromatic rings. The van der Waals surface area contributed by atoms with Crippen LogP contribution >= 0.6 is 0 Å². The molecule has 2 N–H and O–H groups in total. The predicted molar refractivity (Wildman–Crippen MR) is 124 cm³/mol. The van der Waals surface area contributed by atoms with E-state index in [0.717, 1.165) is 27.8 Å². The van der Waals surface area contributed by atoms with Crippen LogP contribution in [-0.2, 0) is 11.3 Å². The van der Waals surface area contributed by atoms with E-state index in [1.165, 1.54) is 6.20 Å². The standard InChI is InChI=1S/C24H25N5O4/c1-16-27-23(29(31)32)15-28(16)12-11-24(30)26-13-20(17-7-9-18(33-2)10-8-17)21-14-25-22-6-4-3-5-19(21)22/h3-10,14-15,20,25H,11-13H2,1-2H3,(H,26,30). The van der Waals surface area contributed by atoms with E-state index >= 15 is 0 Å². The molecule has 33 heavy (non-hydrogen) atoms.